The molecule has 0 heterocycles. The summed E-state index contributed by atoms with van der Waals surface area (Å²) in [5.74, 6) is 2.17. The SMILES string of the molecule is C=CCNC(=O)CSCCOc1ccc(C)cc1. The van der Waals surface area contributed by atoms with Crippen LogP contribution in [0.2, 0.25) is 0 Å². The van der Waals surface area contributed by atoms with Gasteiger partial charge in [-0.15, -0.1) is 18.3 Å². The molecule has 0 bridgehead atoms. The highest BCUT2D eigenvalue weighted by Gasteiger charge is 1.99. The van der Waals surface area contributed by atoms with Crippen LogP contribution in [0.1, 0.15) is 5.56 Å². The third-order valence-corrected chi connectivity index (χ3v) is 3.12. The molecule has 1 rings (SSSR count). The number of benzene rings is 1. The van der Waals surface area contributed by atoms with Gasteiger partial charge in [-0.2, -0.15) is 0 Å². The molecule has 0 aliphatic heterocycles. The molecule has 0 aliphatic rings. The summed E-state index contributed by atoms with van der Waals surface area (Å²) in [5.41, 5.74) is 1.22. The number of carbonyl (C=O) groups excluding carboxylic acids is 1. The van der Waals surface area contributed by atoms with Crippen molar-refractivity contribution in [2.24, 2.45) is 0 Å². The first kappa shape index (κ1) is 14.6. The van der Waals surface area contributed by atoms with Crippen molar-refractivity contribution in [1.82, 2.24) is 5.32 Å². The molecule has 0 radical (unpaired) electrons. The zero-order chi connectivity index (χ0) is 13.2. The van der Waals surface area contributed by atoms with Crippen LogP contribution in [0.5, 0.6) is 5.75 Å². The number of rotatable bonds is 8. The Hall–Kier alpha value is -1.42. The van der Waals surface area contributed by atoms with Crippen molar-refractivity contribution < 1.29 is 9.53 Å². The van der Waals surface area contributed by atoms with Gasteiger partial charge in [0.05, 0.1) is 12.4 Å². The van der Waals surface area contributed by atoms with Crippen molar-refractivity contribution in [1.29, 1.82) is 0 Å². The van der Waals surface area contributed by atoms with Crippen LogP contribution in [-0.2, 0) is 4.79 Å². The summed E-state index contributed by atoms with van der Waals surface area (Å²) in [7, 11) is 0. The fourth-order valence-corrected chi connectivity index (χ4v) is 1.89. The van der Waals surface area contributed by atoms with E-state index in [1.54, 1.807) is 17.8 Å². The van der Waals surface area contributed by atoms with Crippen molar-refractivity contribution in [3.05, 3.63) is 42.5 Å². The number of ether oxygens (including phenoxy) is 1. The molecule has 1 aromatic rings. The van der Waals surface area contributed by atoms with Crippen LogP contribution in [0.3, 0.4) is 0 Å². The Bertz CT molecular complexity index is 376. The summed E-state index contributed by atoms with van der Waals surface area (Å²) in [6.45, 7) is 6.72. The average molecular weight is 265 g/mol. The van der Waals surface area contributed by atoms with E-state index in [0.29, 0.717) is 18.9 Å². The van der Waals surface area contributed by atoms with Gasteiger partial charge >= 0.3 is 0 Å². The van der Waals surface area contributed by atoms with E-state index in [1.165, 1.54) is 5.56 Å². The molecule has 0 saturated heterocycles. The first-order valence-electron chi connectivity index (χ1n) is 5.87. The number of nitrogens with one attached hydrogen (secondary N) is 1. The maximum absolute atomic E-state index is 11.3. The highest BCUT2D eigenvalue weighted by atomic mass is 32.2. The second-order valence-electron chi connectivity index (χ2n) is 3.81. The van der Waals surface area contributed by atoms with E-state index in [0.717, 1.165) is 11.5 Å². The molecule has 18 heavy (non-hydrogen) atoms. The summed E-state index contributed by atoms with van der Waals surface area (Å²) < 4.78 is 5.56. The summed E-state index contributed by atoms with van der Waals surface area (Å²) in [6.07, 6.45) is 1.67. The number of thioether (sulfide) groups is 1. The fraction of sp³-hybridized carbons (Fsp3) is 0.357. The van der Waals surface area contributed by atoms with E-state index >= 15 is 0 Å². The third kappa shape index (κ3) is 6.35. The lowest BCUT2D eigenvalue weighted by molar-refractivity contribution is -0.118. The average Bonchev–Trinajstić information content (AvgIpc) is 2.38. The van der Waals surface area contributed by atoms with E-state index in [9.17, 15) is 4.79 Å². The van der Waals surface area contributed by atoms with Crippen LogP contribution in [0.15, 0.2) is 36.9 Å². The Morgan fingerprint density at radius 3 is 2.83 bits per heavy atom. The molecule has 0 saturated carbocycles. The summed E-state index contributed by atoms with van der Waals surface area (Å²) in [5, 5.41) is 2.73. The van der Waals surface area contributed by atoms with Gasteiger partial charge in [-0.25, -0.2) is 0 Å². The van der Waals surface area contributed by atoms with Crippen LogP contribution >= 0.6 is 11.8 Å². The van der Waals surface area contributed by atoms with E-state index in [4.69, 9.17) is 4.74 Å². The lowest BCUT2D eigenvalue weighted by atomic mass is 10.2. The van der Waals surface area contributed by atoms with Crippen molar-refractivity contribution in [3.63, 3.8) is 0 Å². The molecular weight excluding hydrogens is 246 g/mol. The number of aryl methyl sites for hydroxylation is 1. The highest BCUT2D eigenvalue weighted by Crippen LogP contribution is 2.11. The van der Waals surface area contributed by atoms with Gasteiger partial charge in [-0.3, -0.25) is 4.79 Å². The monoisotopic (exact) mass is 265 g/mol. The Kier molecular flexibility index (Phi) is 7.03. The smallest absolute Gasteiger partial charge is 0.230 e. The summed E-state index contributed by atoms with van der Waals surface area (Å²) >= 11 is 1.56. The predicted molar refractivity (Wildman–Crippen MR) is 77.2 cm³/mol. The van der Waals surface area contributed by atoms with Gasteiger partial charge in [0.15, 0.2) is 0 Å². The largest absolute Gasteiger partial charge is 0.493 e. The van der Waals surface area contributed by atoms with Crippen LogP contribution < -0.4 is 10.1 Å². The van der Waals surface area contributed by atoms with Crippen LogP contribution in [0, 0.1) is 6.92 Å². The molecule has 0 fully saturated rings. The van der Waals surface area contributed by atoms with Gasteiger partial charge in [-0.05, 0) is 19.1 Å². The van der Waals surface area contributed by atoms with Crippen LogP contribution in [0.4, 0.5) is 0 Å². The quantitative estimate of drug-likeness (QED) is 0.579. The zero-order valence-electron chi connectivity index (χ0n) is 10.6. The number of amides is 1. The van der Waals surface area contributed by atoms with E-state index in [2.05, 4.69) is 11.9 Å². The molecule has 0 atom stereocenters. The minimum Gasteiger partial charge on any atom is -0.493 e. The highest BCUT2D eigenvalue weighted by molar-refractivity contribution is 7.99. The Labute approximate surface area is 113 Å². The molecule has 0 aliphatic carbocycles. The van der Waals surface area contributed by atoms with E-state index in [-0.39, 0.29) is 5.91 Å². The molecule has 0 spiro atoms. The summed E-state index contributed by atoms with van der Waals surface area (Å²) in [4.78, 5) is 11.3. The molecule has 0 unspecified atom stereocenters. The Morgan fingerprint density at radius 2 is 2.17 bits per heavy atom. The van der Waals surface area contributed by atoms with Gasteiger partial charge in [0, 0.05) is 12.3 Å². The molecule has 1 aromatic carbocycles. The lowest BCUT2D eigenvalue weighted by Gasteiger charge is -2.06. The van der Waals surface area contributed by atoms with Gasteiger partial charge in [-0.1, -0.05) is 23.8 Å². The normalized spacial score (nSPS) is 9.83. The third-order valence-electron chi connectivity index (χ3n) is 2.19. The molecule has 98 valence electrons. The lowest BCUT2D eigenvalue weighted by Crippen LogP contribution is -2.25. The minimum atomic E-state index is 0.0373. The van der Waals surface area contributed by atoms with Gasteiger partial charge < -0.3 is 10.1 Å². The van der Waals surface area contributed by atoms with Crippen molar-refractivity contribution in [3.8, 4) is 5.75 Å². The second kappa shape index (κ2) is 8.64. The standard InChI is InChI=1S/C14H19NO2S/c1-3-8-15-14(16)11-18-10-9-17-13-6-4-12(2)5-7-13/h3-7H,1,8-11H2,2H3,(H,15,16). The maximum atomic E-state index is 11.3. The Morgan fingerprint density at radius 1 is 1.44 bits per heavy atom. The summed E-state index contributed by atoms with van der Waals surface area (Å²) in [6, 6.07) is 7.95. The minimum absolute atomic E-state index is 0.0373. The van der Waals surface area contributed by atoms with Crippen molar-refractivity contribution in [2.45, 2.75) is 6.92 Å². The number of hydrogen-bond acceptors (Lipinski definition) is 3. The molecular formula is C14H19NO2S. The van der Waals surface area contributed by atoms with Gasteiger partial charge in [0.1, 0.15) is 5.75 Å². The van der Waals surface area contributed by atoms with Crippen molar-refractivity contribution >= 4 is 17.7 Å². The zero-order valence-corrected chi connectivity index (χ0v) is 11.5. The molecule has 4 heteroatoms. The van der Waals surface area contributed by atoms with E-state index in [1.807, 2.05) is 31.2 Å². The fourth-order valence-electron chi connectivity index (χ4n) is 1.25. The molecule has 1 amide bonds. The Balaban J connectivity index is 2.06. The molecule has 3 nitrogen and oxygen atoms in total. The van der Waals surface area contributed by atoms with Gasteiger partial charge in [0.25, 0.3) is 0 Å². The first-order valence-corrected chi connectivity index (χ1v) is 7.02. The topological polar surface area (TPSA) is 38.3 Å². The maximum Gasteiger partial charge on any atom is 0.230 e. The second-order valence-corrected chi connectivity index (χ2v) is 4.91. The number of hydrogen-bond donors (Lipinski definition) is 1. The predicted octanol–water partition coefficient (Wildman–Crippen LogP) is 2.41. The van der Waals surface area contributed by atoms with E-state index < -0.39 is 0 Å². The first-order chi connectivity index (χ1) is 8.72. The van der Waals surface area contributed by atoms with Crippen LogP contribution in [-0.4, -0.2) is 30.6 Å². The molecule has 1 N–H and O–H groups in total. The van der Waals surface area contributed by atoms with Crippen LogP contribution in [0.25, 0.3) is 0 Å². The number of carbonyl (C=O) groups is 1. The molecule has 0 aromatic heterocycles. The van der Waals surface area contributed by atoms with Crippen molar-refractivity contribution in [2.75, 3.05) is 24.7 Å². The van der Waals surface area contributed by atoms with Gasteiger partial charge in [0.2, 0.25) is 5.91 Å².